The van der Waals surface area contributed by atoms with Gasteiger partial charge in [-0.25, -0.2) is 4.39 Å². The van der Waals surface area contributed by atoms with Crippen LogP contribution in [0.1, 0.15) is 37.6 Å². The summed E-state index contributed by atoms with van der Waals surface area (Å²) < 4.78 is 16.1. The molecular weight excluding hydrogens is 355 g/mol. The smallest absolute Gasteiger partial charge is 0.125 e. The summed E-state index contributed by atoms with van der Waals surface area (Å²) in [5.41, 5.74) is 9.52. The Labute approximate surface area is 137 Å². The van der Waals surface area contributed by atoms with Gasteiger partial charge in [-0.3, -0.25) is 0 Å². The summed E-state index contributed by atoms with van der Waals surface area (Å²) in [4.78, 5) is 0. The third-order valence-electron chi connectivity index (χ3n) is 4.07. The molecule has 1 heterocycles. The minimum atomic E-state index is -0.353. The van der Waals surface area contributed by atoms with Gasteiger partial charge in [0.1, 0.15) is 5.82 Å². The molecule has 0 aliphatic heterocycles. The van der Waals surface area contributed by atoms with E-state index in [1.807, 2.05) is 16.8 Å². The molecule has 0 amide bonds. The second-order valence-electron chi connectivity index (χ2n) is 6.46. The Morgan fingerprint density at radius 3 is 2.81 bits per heavy atom. The Bertz CT molecular complexity index is 685. The first-order valence-electron chi connectivity index (χ1n) is 6.89. The first-order valence-corrected chi connectivity index (χ1v) is 8.06. The van der Waals surface area contributed by atoms with Crippen molar-refractivity contribution in [1.82, 2.24) is 4.57 Å². The van der Waals surface area contributed by atoms with Gasteiger partial charge in [0, 0.05) is 22.4 Å². The van der Waals surface area contributed by atoms with Crippen molar-refractivity contribution in [1.29, 1.82) is 0 Å². The van der Waals surface area contributed by atoms with Gasteiger partial charge in [-0.15, -0.1) is 0 Å². The Balaban J connectivity index is 2.19. The zero-order valence-corrected chi connectivity index (χ0v) is 14.3. The molecule has 112 valence electrons. The third kappa shape index (κ3) is 2.65. The zero-order chi connectivity index (χ0) is 15.4. The van der Waals surface area contributed by atoms with Crippen molar-refractivity contribution >= 4 is 27.5 Å². The van der Waals surface area contributed by atoms with Gasteiger partial charge in [-0.2, -0.15) is 0 Å². The van der Waals surface area contributed by atoms with Crippen LogP contribution in [0.25, 0.3) is 5.69 Å². The Kier molecular flexibility index (Phi) is 3.67. The van der Waals surface area contributed by atoms with Crippen LogP contribution in [0.2, 0.25) is 5.02 Å². The molecule has 21 heavy (non-hydrogen) atoms. The van der Waals surface area contributed by atoms with Crippen LogP contribution in [0.3, 0.4) is 0 Å². The minimum Gasteiger partial charge on any atom is -0.324 e. The van der Waals surface area contributed by atoms with Crippen molar-refractivity contribution in [3.05, 3.63) is 51.0 Å². The molecule has 0 bridgehead atoms. The quantitative estimate of drug-likeness (QED) is 0.751. The van der Waals surface area contributed by atoms with Gasteiger partial charge < -0.3 is 10.3 Å². The van der Waals surface area contributed by atoms with Gasteiger partial charge in [0.05, 0.1) is 10.7 Å². The maximum Gasteiger partial charge on any atom is 0.125 e. The van der Waals surface area contributed by atoms with E-state index >= 15 is 0 Å². The molecular formula is C16H17BrClFN2. The lowest BCUT2D eigenvalue weighted by atomic mass is 9.74. The summed E-state index contributed by atoms with van der Waals surface area (Å²) in [6.45, 7) is 4.43. The molecule has 1 aromatic carbocycles. The molecule has 1 aliphatic rings. The van der Waals surface area contributed by atoms with E-state index in [9.17, 15) is 4.39 Å². The van der Waals surface area contributed by atoms with Crippen molar-refractivity contribution in [3.63, 3.8) is 0 Å². The number of hydrogen-bond donors (Lipinski definition) is 1. The Morgan fingerprint density at radius 2 is 2.14 bits per heavy atom. The van der Waals surface area contributed by atoms with Crippen LogP contribution in [0.15, 0.2) is 28.9 Å². The fourth-order valence-electron chi connectivity index (χ4n) is 3.21. The summed E-state index contributed by atoms with van der Waals surface area (Å²) >= 11 is 9.67. The predicted octanol–water partition coefficient (Wildman–Crippen LogP) is 5.00. The molecule has 3 rings (SSSR count). The number of aromatic nitrogens is 1. The molecule has 1 atom stereocenters. The van der Waals surface area contributed by atoms with Crippen LogP contribution in [0.5, 0.6) is 0 Å². The molecule has 0 spiro atoms. The number of rotatable bonds is 1. The van der Waals surface area contributed by atoms with E-state index < -0.39 is 0 Å². The lowest BCUT2D eigenvalue weighted by molar-refractivity contribution is 0.278. The highest BCUT2D eigenvalue weighted by Gasteiger charge is 2.33. The van der Waals surface area contributed by atoms with Gasteiger partial charge >= 0.3 is 0 Å². The summed E-state index contributed by atoms with van der Waals surface area (Å²) in [6.07, 6.45) is 3.85. The number of nitrogens with zero attached hydrogens (tertiary/aromatic N) is 1. The monoisotopic (exact) mass is 370 g/mol. The van der Waals surface area contributed by atoms with Crippen LogP contribution in [-0.4, -0.2) is 4.57 Å². The SMILES string of the molecule is CC1(C)Cc2c(ccn2-c2c(Cl)cc(F)cc2Br)C(N)C1. The van der Waals surface area contributed by atoms with Crippen LogP contribution < -0.4 is 5.73 Å². The summed E-state index contributed by atoms with van der Waals surface area (Å²) in [5, 5.41) is 0.386. The molecule has 2 nitrogen and oxygen atoms in total. The van der Waals surface area contributed by atoms with E-state index in [1.54, 1.807) is 0 Å². The molecule has 2 aromatic rings. The molecule has 0 radical (unpaired) electrons. The maximum absolute atomic E-state index is 13.4. The highest BCUT2D eigenvalue weighted by atomic mass is 79.9. The highest BCUT2D eigenvalue weighted by molar-refractivity contribution is 9.10. The molecule has 0 saturated heterocycles. The largest absolute Gasteiger partial charge is 0.324 e. The number of benzene rings is 1. The molecule has 1 aromatic heterocycles. The van der Waals surface area contributed by atoms with Crippen molar-refractivity contribution in [2.75, 3.05) is 0 Å². The van der Waals surface area contributed by atoms with Crippen LogP contribution in [0, 0.1) is 11.2 Å². The highest BCUT2D eigenvalue weighted by Crippen LogP contribution is 2.42. The van der Waals surface area contributed by atoms with E-state index in [1.165, 1.54) is 12.1 Å². The molecule has 1 aliphatic carbocycles. The molecule has 0 fully saturated rings. The van der Waals surface area contributed by atoms with Gasteiger partial charge in [-0.1, -0.05) is 25.4 Å². The molecule has 2 N–H and O–H groups in total. The number of halogens is 3. The second-order valence-corrected chi connectivity index (χ2v) is 7.72. The minimum absolute atomic E-state index is 0.0306. The average molecular weight is 372 g/mol. The van der Waals surface area contributed by atoms with E-state index in [-0.39, 0.29) is 17.3 Å². The van der Waals surface area contributed by atoms with Crippen molar-refractivity contribution < 1.29 is 4.39 Å². The lowest BCUT2D eigenvalue weighted by Gasteiger charge is -2.34. The Morgan fingerprint density at radius 1 is 1.43 bits per heavy atom. The number of hydrogen-bond acceptors (Lipinski definition) is 1. The summed E-state index contributed by atoms with van der Waals surface area (Å²) in [5.74, 6) is -0.353. The first-order chi connectivity index (χ1) is 9.78. The van der Waals surface area contributed by atoms with E-state index in [4.69, 9.17) is 17.3 Å². The standard InChI is InChI=1S/C16H17BrClFN2/c1-16(2)7-13(20)10-3-4-21(14(10)8-16)15-11(17)5-9(19)6-12(15)18/h3-6,13H,7-8,20H2,1-2H3. The number of nitrogens with two attached hydrogens (primary N) is 1. The molecule has 5 heteroatoms. The summed E-state index contributed by atoms with van der Waals surface area (Å²) in [6, 6.07) is 4.84. The maximum atomic E-state index is 13.4. The van der Waals surface area contributed by atoms with E-state index in [2.05, 4.69) is 29.8 Å². The lowest BCUT2D eigenvalue weighted by Crippen LogP contribution is -2.30. The van der Waals surface area contributed by atoms with Crippen molar-refractivity contribution in [2.24, 2.45) is 11.1 Å². The van der Waals surface area contributed by atoms with Crippen LogP contribution >= 0.6 is 27.5 Å². The summed E-state index contributed by atoms with van der Waals surface area (Å²) in [7, 11) is 0. The predicted molar refractivity (Wildman–Crippen MR) is 87.5 cm³/mol. The van der Waals surface area contributed by atoms with E-state index in [0.717, 1.165) is 29.8 Å². The molecule has 0 saturated carbocycles. The zero-order valence-electron chi connectivity index (χ0n) is 12.0. The second kappa shape index (κ2) is 5.11. The Hall–Kier alpha value is -0.840. The number of fused-ring (bicyclic) bond motifs is 1. The van der Waals surface area contributed by atoms with Crippen molar-refractivity contribution in [3.8, 4) is 5.69 Å². The fourth-order valence-corrected chi connectivity index (χ4v) is 4.24. The van der Waals surface area contributed by atoms with Crippen LogP contribution in [0.4, 0.5) is 4.39 Å². The normalized spacial score (nSPS) is 20.4. The van der Waals surface area contributed by atoms with Gasteiger partial charge in [0.2, 0.25) is 0 Å². The van der Waals surface area contributed by atoms with Gasteiger partial charge in [-0.05, 0) is 57.9 Å². The van der Waals surface area contributed by atoms with E-state index in [0.29, 0.717) is 9.50 Å². The average Bonchev–Trinajstić information content (AvgIpc) is 2.70. The third-order valence-corrected chi connectivity index (χ3v) is 4.96. The van der Waals surface area contributed by atoms with Gasteiger partial charge in [0.15, 0.2) is 0 Å². The fraction of sp³-hybridized carbons (Fsp3) is 0.375. The van der Waals surface area contributed by atoms with Crippen LogP contribution in [-0.2, 0) is 6.42 Å². The topological polar surface area (TPSA) is 30.9 Å². The van der Waals surface area contributed by atoms with Crippen molar-refractivity contribution in [2.45, 2.75) is 32.7 Å². The molecule has 1 unspecified atom stereocenters. The van der Waals surface area contributed by atoms with Gasteiger partial charge in [0.25, 0.3) is 0 Å². The first kappa shape index (κ1) is 15.1.